The Bertz CT molecular complexity index is 792. The first-order valence-corrected chi connectivity index (χ1v) is 27.6. The van der Waals surface area contributed by atoms with E-state index in [4.69, 9.17) is 9.16 Å². The predicted octanol–water partition coefficient (Wildman–Crippen LogP) is 10.4. The monoisotopic (exact) mass is 672 g/mol. The van der Waals surface area contributed by atoms with E-state index in [9.17, 15) is 5.11 Å². The van der Waals surface area contributed by atoms with Gasteiger partial charge in [-0.1, -0.05) is 20.8 Å². The Labute approximate surface area is 249 Å². The normalized spacial score (nSPS) is 28.1. The Morgan fingerprint density at radius 3 is 1.90 bits per heavy atom. The quantitative estimate of drug-likeness (QED) is 0.139. The number of aliphatic hydroxyl groups is 1. The van der Waals surface area contributed by atoms with Gasteiger partial charge in [0.1, 0.15) is 0 Å². The number of rotatable bonds is 15. The van der Waals surface area contributed by atoms with E-state index < -0.39 is 32.3 Å². The first kappa shape index (κ1) is 35.8. The molecule has 2 rings (SSSR count). The van der Waals surface area contributed by atoms with Gasteiger partial charge >= 0.3 is 230 Å². The molecule has 0 spiro atoms. The molecule has 230 valence electrons. The van der Waals surface area contributed by atoms with Crippen molar-refractivity contribution in [2.45, 2.75) is 177 Å². The minimum absolute atomic E-state index is 0.104. The molecular formula is C34H68O3SiSn. The van der Waals surface area contributed by atoms with Crippen LogP contribution in [0.5, 0.6) is 0 Å². The molecule has 0 bridgehead atoms. The Kier molecular flexibility index (Phi) is 12.8. The summed E-state index contributed by atoms with van der Waals surface area (Å²) in [7, 11) is -1.93. The molecule has 0 unspecified atom stereocenters. The van der Waals surface area contributed by atoms with Gasteiger partial charge in [0.25, 0.3) is 0 Å². The second-order valence-electron chi connectivity index (χ2n) is 15.9. The molecule has 0 aromatic heterocycles. The molecule has 39 heavy (non-hydrogen) atoms. The molecule has 0 aromatic rings. The third-order valence-electron chi connectivity index (χ3n) is 11.9. The van der Waals surface area contributed by atoms with Crippen molar-refractivity contribution in [3.63, 3.8) is 0 Å². The fraction of sp³-hybridized carbons (Fsp3) is 0.941. The molecule has 1 fully saturated rings. The summed E-state index contributed by atoms with van der Waals surface area (Å²) >= 11 is -2.30. The van der Waals surface area contributed by atoms with Crippen LogP contribution in [0.3, 0.4) is 0 Å². The fourth-order valence-corrected chi connectivity index (χ4v) is 23.4. The topological polar surface area (TPSA) is 38.7 Å². The van der Waals surface area contributed by atoms with Gasteiger partial charge in [0, 0.05) is 0 Å². The Morgan fingerprint density at radius 2 is 1.44 bits per heavy atom. The second kappa shape index (κ2) is 13.9. The molecule has 1 N–H and O–H groups in total. The van der Waals surface area contributed by atoms with Gasteiger partial charge in [-0.3, -0.25) is 0 Å². The SMILES string of the molecule is CCC[CH2][Sn]([CH2]CCC)([CH2]CCC)[CH2]OCC1=C(C)[C@@]2(C)CC[C@H](O[Si](C)(C)C(C)(C)C)C(C)(C)[C@]2(O)CC1. The zero-order valence-corrected chi connectivity index (χ0v) is 32.3. The molecule has 0 aromatic carbocycles. The minimum atomic E-state index is -2.30. The summed E-state index contributed by atoms with van der Waals surface area (Å²) in [4.78, 5) is 0. The summed E-state index contributed by atoms with van der Waals surface area (Å²) in [6.07, 6.45) is 12.0. The number of fused-ring (bicyclic) bond motifs is 1. The molecule has 3 atom stereocenters. The van der Waals surface area contributed by atoms with Crippen LogP contribution in [0.2, 0.25) is 31.4 Å². The number of hydrogen-bond acceptors (Lipinski definition) is 3. The van der Waals surface area contributed by atoms with Gasteiger partial charge in [-0.15, -0.1) is 0 Å². The van der Waals surface area contributed by atoms with Crippen molar-refractivity contribution < 1.29 is 14.3 Å². The third kappa shape index (κ3) is 7.59. The van der Waals surface area contributed by atoms with Crippen molar-refractivity contribution in [3.05, 3.63) is 11.1 Å². The van der Waals surface area contributed by atoms with Crippen LogP contribution in [0.1, 0.15) is 133 Å². The van der Waals surface area contributed by atoms with Crippen LogP contribution in [0.15, 0.2) is 11.1 Å². The van der Waals surface area contributed by atoms with Gasteiger partial charge in [0.15, 0.2) is 0 Å². The summed E-state index contributed by atoms with van der Waals surface area (Å²) in [6.45, 7) is 28.7. The molecule has 0 amide bonds. The Hall–Kier alpha value is 0.636. The van der Waals surface area contributed by atoms with Crippen molar-refractivity contribution in [1.82, 2.24) is 0 Å². The van der Waals surface area contributed by atoms with Crippen molar-refractivity contribution in [2.75, 3.05) is 11.2 Å². The van der Waals surface area contributed by atoms with Crippen LogP contribution < -0.4 is 0 Å². The Balaban J connectivity index is 2.24. The van der Waals surface area contributed by atoms with Gasteiger partial charge in [-0.2, -0.15) is 0 Å². The molecule has 2 aliphatic rings. The van der Waals surface area contributed by atoms with Crippen LogP contribution in [-0.4, -0.2) is 54.7 Å². The molecule has 0 heterocycles. The van der Waals surface area contributed by atoms with Crippen molar-refractivity contribution in [1.29, 1.82) is 0 Å². The summed E-state index contributed by atoms with van der Waals surface area (Å²) in [5.74, 6) is 0. The van der Waals surface area contributed by atoms with E-state index in [1.807, 2.05) is 0 Å². The number of unbranched alkanes of at least 4 members (excludes halogenated alkanes) is 3. The average molecular weight is 672 g/mol. The molecule has 1 saturated carbocycles. The van der Waals surface area contributed by atoms with Gasteiger partial charge in [0.2, 0.25) is 0 Å². The van der Waals surface area contributed by atoms with E-state index in [2.05, 4.69) is 82.3 Å². The van der Waals surface area contributed by atoms with Crippen molar-refractivity contribution in [3.8, 4) is 0 Å². The predicted molar refractivity (Wildman–Crippen MR) is 176 cm³/mol. The maximum absolute atomic E-state index is 12.6. The number of hydrogen-bond donors (Lipinski definition) is 1. The van der Waals surface area contributed by atoms with Gasteiger partial charge in [0.05, 0.1) is 0 Å². The first-order chi connectivity index (χ1) is 18.0. The van der Waals surface area contributed by atoms with E-state index >= 15 is 0 Å². The van der Waals surface area contributed by atoms with Crippen LogP contribution in [0, 0.1) is 10.8 Å². The van der Waals surface area contributed by atoms with Gasteiger partial charge in [-0.05, 0) is 0 Å². The van der Waals surface area contributed by atoms with Gasteiger partial charge in [-0.25, -0.2) is 0 Å². The fourth-order valence-electron chi connectivity index (χ4n) is 7.53. The molecule has 0 saturated heterocycles. The first-order valence-electron chi connectivity index (χ1n) is 16.6. The van der Waals surface area contributed by atoms with Crippen molar-refractivity contribution in [2.24, 2.45) is 10.8 Å². The maximum atomic E-state index is 12.6. The van der Waals surface area contributed by atoms with E-state index in [-0.39, 0.29) is 22.0 Å². The zero-order chi connectivity index (χ0) is 29.8. The molecule has 0 radical (unpaired) electrons. The summed E-state index contributed by atoms with van der Waals surface area (Å²) in [6, 6.07) is 0. The van der Waals surface area contributed by atoms with Crippen LogP contribution >= 0.6 is 0 Å². The van der Waals surface area contributed by atoms with Gasteiger partial charge < -0.3 is 0 Å². The summed E-state index contributed by atoms with van der Waals surface area (Å²) < 4.78 is 19.4. The summed E-state index contributed by atoms with van der Waals surface area (Å²) in [5.41, 5.74) is 1.61. The Morgan fingerprint density at radius 1 is 0.923 bits per heavy atom. The van der Waals surface area contributed by atoms with E-state index in [1.54, 1.807) is 0 Å². The summed E-state index contributed by atoms with van der Waals surface area (Å²) in [5, 5.41) is 12.7. The number of ether oxygens (including phenoxy) is 1. The average Bonchev–Trinajstić information content (AvgIpc) is 2.85. The molecule has 2 aliphatic carbocycles. The molecular weight excluding hydrogens is 603 g/mol. The van der Waals surface area contributed by atoms with Crippen LogP contribution in [0.25, 0.3) is 0 Å². The third-order valence-corrected chi connectivity index (χ3v) is 30.9. The van der Waals surface area contributed by atoms with E-state index in [0.717, 1.165) is 36.9 Å². The van der Waals surface area contributed by atoms with E-state index in [1.165, 1.54) is 63.0 Å². The molecule has 0 aliphatic heterocycles. The van der Waals surface area contributed by atoms with Crippen LogP contribution in [0.4, 0.5) is 0 Å². The molecule has 3 nitrogen and oxygen atoms in total. The van der Waals surface area contributed by atoms with Crippen LogP contribution in [-0.2, 0) is 9.16 Å². The van der Waals surface area contributed by atoms with Crippen molar-refractivity contribution >= 4 is 26.7 Å². The van der Waals surface area contributed by atoms with E-state index in [0.29, 0.717) is 0 Å². The zero-order valence-electron chi connectivity index (χ0n) is 28.4. The second-order valence-corrected chi connectivity index (χ2v) is 34.3. The molecule has 5 heteroatoms. The standard InChI is InChI=1S/C22H41O3Si.3C4H9.Sn/c1-16-17(15-24-8)11-14-22(23)20(5,6)18(12-13-21(16,22)7)25-26(9,10)19(2,3)4;3*1-3-4-2;/h18,23H,8,11-15H2,1-7,9-10H3;3*1,3-4H2,2H3;/t18-,21+,22+;;;;/m0..../s1.